The summed E-state index contributed by atoms with van der Waals surface area (Å²) in [7, 11) is 1.67. The topological polar surface area (TPSA) is 46.2 Å². The molecule has 0 fully saturated rings. The fourth-order valence-electron chi connectivity index (χ4n) is 0. The Kier molecular flexibility index (Phi) is 1.62. The van der Waals surface area contributed by atoms with Crippen molar-refractivity contribution in [1.82, 2.24) is 0 Å². The van der Waals surface area contributed by atoms with Crippen molar-refractivity contribution in [3.05, 3.63) is 0 Å². The molecule has 0 heterocycles. The predicted molar refractivity (Wildman–Crippen MR) is 28.2 cm³/mol. The Balaban J connectivity index is 3.17. The first-order valence-corrected chi connectivity index (χ1v) is 1.99. The minimum atomic E-state index is -0.681. The van der Waals surface area contributed by atoms with Gasteiger partial charge in [0.25, 0.3) is 0 Å². The average molecular weight is 86.9 g/mol. The third-order valence-electron chi connectivity index (χ3n) is 0.500. The van der Waals surface area contributed by atoms with Gasteiger partial charge in [-0.25, -0.2) is 0 Å². The Morgan fingerprint density at radius 2 is 2.17 bits per heavy atom. The summed E-state index contributed by atoms with van der Waals surface area (Å²) in [6.07, 6.45) is 0. The molecule has 0 saturated carbocycles. The Labute approximate surface area is 38.8 Å². The summed E-state index contributed by atoms with van der Waals surface area (Å²) >= 11 is 0. The van der Waals surface area contributed by atoms with Crippen LogP contribution in [0.3, 0.4) is 0 Å². The van der Waals surface area contributed by atoms with Gasteiger partial charge in [-0.3, -0.25) is 0 Å². The highest BCUT2D eigenvalue weighted by Gasteiger charge is 2.06. The van der Waals surface area contributed by atoms with Crippen molar-refractivity contribution in [1.29, 1.82) is 0 Å². The quantitative estimate of drug-likeness (QED) is 0.374. The first kappa shape index (κ1) is 5.98. The molecular weight excluding hydrogens is 76.9 g/mol. The van der Waals surface area contributed by atoms with Crippen LogP contribution in [0.15, 0.2) is 0 Å². The Hall–Kier alpha value is -0.0151. The fourth-order valence-corrected chi connectivity index (χ4v) is 0. The fraction of sp³-hybridized carbons (Fsp3) is 1.00. The van der Waals surface area contributed by atoms with Crippen LogP contribution in [-0.2, 0) is 0 Å². The zero-order chi connectivity index (χ0) is 5.21. The van der Waals surface area contributed by atoms with Crippen LogP contribution >= 0.6 is 0 Å². The Bertz CT molecular complexity index is 40.5. The third-order valence-corrected chi connectivity index (χ3v) is 0.500. The van der Waals surface area contributed by atoms with E-state index in [0.29, 0.717) is 6.54 Å². The lowest BCUT2D eigenvalue weighted by Crippen LogP contribution is -2.34. The van der Waals surface area contributed by atoms with Crippen molar-refractivity contribution < 1.29 is 5.11 Å². The maximum Gasteiger partial charge on any atom is 0.144 e. The zero-order valence-electron chi connectivity index (χ0n) is 4.23. The second-order valence-corrected chi connectivity index (χ2v) is 2.02. The van der Waals surface area contributed by atoms with E-state index in [4.69, 9.17) is 10.8 Å². The van der Waals surface area contributed by atoms with Gasteiger partial charge < -0.3 is 10.8 Å². The minimum absolute atomic E-state index is 0.326. The molecular formula is C3H10BNO. The van der Waals surface area contributed by atoms with Gasteiger partial charge in [-0.2, -0.15) is 0 Å². The molecule has 0 saturated heterocycles. The predicted octanol–water partition coefficient (Wildman–Crippen LogP) is -1.71. The molecule has 0 rings (SSSR count). The standard InChI is InChI=1S/C3H10BNO/c1-3(4,6)2-5/h6H,2,4-5H2,1H3. The van der Waals surface area contributed by atoms with Crippen molar-refractivity contribution >= 4 is 7.85 Å². The number of nitrogens with two attached hydrogens (primary N) is 1. The summed E-state index contributed by atoms with van der Waals surface area (Å²) in [5, 5.41) is 8.70. The van der Waals surface area contributed by atoms with E-state index in [-0.39, 0.29) is 0 Å². The molecule has 0 aromatic rings. The Morgan fingerprint density at radius 1 is 2.00 bits per heavy atom. The molecule has 3 heteroatoms. The van der Waals surface area contributed by atoms with Gasteiger partial charge in [0.1, 0.15) is 7.85 Å². The number of hydrogen-bond donors (Lipinski definition) is 2. The number of rotatable bonds is 1. The van der Waals surface area contributed by atoms with E-state index in [1.807, 2.05) is 0 Å². The Morgan fingerprint density at radius 3 is 2.17 bits per heavy atom. The molecule has 0 aliphatic carbocycles. The molecule has 0 spiro atoms. The average Bonchev–Trinajstić information content (AvgIpc) is 1.35. The highest BCUT2D eigenvalue weighted by Crippen LogP contribution is 1.87. The lowest BCUT2D eigenvalue weighted by molar-refractivity contribution is 0.157. The highest BCUT2D eigenvalue weighted by molar-refractivity contribution is 6.14. The van der Waals surface area contributed by atoms with Crippen LogP contribution in [0.1, 0.15) is 6.92 Å². The van der Waals surface area contributed by atoms with Gasteiger partial charge in [-0.1, -0.05) is 0 Å². The molecule has 0 aromatic heterocycles. The molecule has 2 nitrogen and oxygen atoms in total. The van der Waals surface area contributed by atoms with E-state index in [1.54, 1.807) is 14.8 Å². The zero-order valence-corrected chi connectivity index (χ0v) is 4.23. The molecule has 0 aliphatic heterocycles. The van der Waals surface area contributed by atoms with Crippen LogP contribution in [-0.4, -0.2) is 25.0 Å². The summed E-state index contributed by atoms with van der Waals surface area (Å²) in [6.45, 7) is 2.00. The molecule has 6 heavy (non-hydrogen) atoms. The van der Waals surface area contributed by atoms with E-state index in [2.05, 4.69) is 0 Å². The van der Waals surface area contributed by atoms with Crippen molar-refractivity contribution in [2.75, 3.05) is 6.54 Å². The largest absolute Gasteiger partial charge is 0.398 e. The van der Waals surface area contributed by atoms with Crippen molar-refractivity contribution in [2.45, 2.75) is 12.4 Å². The van der Waals surface area contributed by atoms with Gasteiger partial charge in [-0.05, 0) is 6.92 Å². The second-order valence-electron chi connectivity index (χ2n) is 2.02. The maximum absolute atomic E-state index is 8.70. The summed E-state index contributed by atoms with van der Waals surface area (Å²) in [4.78, 5) is 0. The van der Waals surface area contributed by atoms with E-state index >= 15 is 0 Å². The molecule has 1 unspecified atom stereocenters. The summed E-state index contributed by atoms with van der Waals surface area (Å²) in [6, 6.07) is 0. The van der Waals surface area contributed by atoms with Gasteiger partial charge in [-0.15, -0.1) is 0 Å². The van der Waals surface area contributed by atoms with Gasteiger partial charge in [0.05, 0.1) is 0 Å². The molecule has 0 aromatic carbocycles. The SMILES string of the molecule is BC(C)(O)CN. The summed E-state index contributed by atoms with van der Waals surface area (Å²) < 4.78 is 0. The first-order valence-electron chi connectivity index (χ1n) is 1.99. The van der Waals surface area contributed by atoms with E-state index in [1.165, 1.54) is 0 Å². The molecule has 0 bridgehead atoms. The summed E-state index contributed by atoms with van der Waals surface area (Å²) in [5.41, 5.74) is 4.38. The van der Waals surface area contributed by atoms with Crippen molar-refractivity contribution in [3.63, 3.8) is 0 Å². The smallest absolute Gasteiger partial charge is 0.144 e. The highest BCUT2D eigenvalue weighted by atomic mass is 16.3. The van der Waals surface area contributed by atoms with Gasteiger partial charge >= 0.3 is 0 Å². The summed E-state index contributed by atoms with van der Waals surface area (Å²) in [5.74, 6) is 0. The molecule has 36 valence electrons. The number of aliphatic hydroxyl groups is 1. The van der Waals surface area contributed by atoms with Gasteiger partial charge in [0.15, 0.2) is 0 Å². The van der Waals surface area contributed by atoms with E-state index in [0.717, 1.165) is 0 Å². The molecule has 0 amide bonds. The normalized spacial score (nSPS) is 19.8. The first-order chi connectivity index (χ1) is 2.56. The maximum atomic E-state index is 8.70. The molecule has 1 atom stereocenters. The van der Waals surface area contributed by atoms with Crippen LogP contribution in [0, 0.1) is 0 Å². The van der Waals surface area contributed by atoms with Crippen molar-refractivity contribution in [3.8, 4) is 0 Å². The van der Waals surface area contributed by atoms with E-state index < -0.39 is 5.50 Å². The number of hydrogen-bond acceptors (Lipinski definition) is 2. The lowest BCUT2D eigenvalue weighted by atomic mass is 9.84. The molecule has 3 N–H and O–H groups in total. The van der Waals surface area contributed by atoms with Crippen molar-refractivity contribution in [2.24, 2.45) is 5.73 Å². The van der Waals surface area contributed by atoms with Crippen LogP contribution in [0.4, 0.5) is 0 Å². The van der Waals surface area contributed by atoms with E-state index in [9.17, 15) is 0 Å². The monoisotopic (exact) mass is 87.1 g/mol. The second kappa shape index (κ2) is 1.62. The van der Waals surface area contributed by atoms with Crippen LogP contribution in [0.25, 0.3) is 0 Å². The minimum Gasteiger partial charge on any atom is -0.398 e. The molecule has 0 radical (unpaired) electrons. The molecule has 0 aliphatic rings. The third kappa shape index (κ3) is 3.98. The van der Waals surface area contributed by atoms with Crippen LogP contribution < -0.4 is 5.73 Å². The van der Waals surface area contributed by atoms with Gasteiger partial charge in [0, 0.05) is 12.0 Å². The lowest BCUT2D eigenvalue weighted by Gasteiger charge is -2.11. The van der Waals surface area contributed by atoms with Gasteiger partial charge in [0.2, 0.25) is 0 Å². The van der Waals surface area contributed by atoms with Crippen LogP contribution in [0.2, 0.25) is 0 Å². The van der Waals surface area contributed by atoms with Crippen LogP contribution in [0.5, 0.6) is 0 Å².